The molecular formula is C16H16F3NO3S. The highest BCUT2D eigenvalue weighted by molar-refractivity contribution is 7.99. The van der Waals surface area contributed by atoms with Crippen molar-refractivity contribution >= 4 is 23.0 Å². The van der Waals surface area contributed by atoms with Crippen LogP contribution in [0.3, 0.4) is 0 Å². The monoisotopic (exact) mass is 359 g/mol. The van der Waals surface area contributed by atoms with Gasteiger partial charge < -0.3 is 9.47 Å². The molecule has 24 heavy (non-hydrogen) atoms. The predicted molar refractivity (Wildman–Crippen MR) is 88.1 cm³/mol. The molecule has 1 aromatic carbocycles. The van der Waals surface area contributed by atoms with E-state index in [-0.39, 0.29) is 16.5 Å². The third kappa shape index (κ3) is 5.19. The predicted octanol–water partition coefficient (Wildman–Crippen LogP) is 4.69. The highest BCUT2D eigenvalue weighted by atomic mass is 32.2. The van der Waals surface area contributed by atoms with E-state index in [1.807, 2.05) is 6.26 Å². The van der Waals surface area contributed by atoms with Gasteiger partial charge in [0.1, 0.15) is 5.69 Å². The van der Waals surface area contributed by atoms with Crippen molar-refractivity contribution in [3.05, 3.63) is 53.0 Å². The molecule has 0 bridgehead atoms. The van der Waals surface area contributed by atoms with Crippen LogP contribution in [-0.4, -0.2) is 37.2 Å². The molecule has 2 rings (SSSR count). The van der Waals surface area contributed by atoms with Gasteiger partial charge in [-0.25, -0.2) is 0 Å². The lowest BCUT2D eigenvalue weighted by atomic mass is 10.0. The molecule has 0 aliphatic carbocycles. The number of halogens is 3. The molecule has 1 heterocycles. The topological polar surface area (TPSA) is 47.9 Å². The zero-order valence-corrected chi connectivity index (χ0v) is 13.6. The van der Waals surface area contributed by atoms with Crippen LogP contribution in [0.25, 0.3) is 5.57 Å². The van der Waals surface area contributed by atoms with E-state index in [4.69, 9.17) is 9.47 Å². The fourth-order valence-electron chi connectivity index (χ4n) is 2.05. The number of benzene rings is 1. The Morgan fingerprint density at radius 3 is 2.38 bits per heavy atom. The fraction of sp³-hybridized carbons (Fsp3) is 0.375. The van der Waals surface area contributed by atoms with Crippen LogP contribution in [0.4, 0.5) is 18.9 Å². The third-order valence-corrected chi connectivity index (χ3v) is 4.29. The minimum atomic E-state index is -4.53. The van der Waals surface area contributed by atoms with Crippen molar-refractivity contribution in [3.8, 4) is 0 Å². The third-order valence-electron chi connectivity index (χ3n) is 3.35. The molecule has 0 amide bonds. The Morgan fingerprint density at radius 2 is 1.88 bits per heavy atom. The van der Waals surface area contributed by atoms with Crippen LogP contribution in [0.15, 0.2) is 47.7 Å². The van der Waals surface area contributed by atoms with Crippen molar-refractivity contribution in [1.82, 2.24) is 0 Å². The maximum absolute atomic E-state index is 13.2. The summed E-state index contributed by atoms with van der Waals surface area (Å²) in [5.74, 6) is 0. The van der Waals surface area contributed by atoms with E-state index in [1.165, 1.54) is 36.4 Å². The standard InChI is InChI=1S/C16H16F3NO3S/c1-24-13-9-22-15(23-10-13)4-2-3-14(16(17,18)19)11-5-7-12(20-21)8-6-11/h2-8,13,15H,9-10H2,1H3/b4-2+,14-3-. The summed E-state index contributed by atoms with van der Waals surface area (Å²) in [5.41, 5.74) is -0.801. The van der Waals surface area contributed by atoms with Crippen molar-refractivity contribution in [2.75, 3.05) is 19.5 Å². The van der Waals surface area contributed by atoms with Crippen LogP contribution in [0.1, 0.15) is 5.56 Å². The Balaban J connectivity index is 2.11. The normalized spacial score (nSPS) is 22.8. The first-order valence-corrected chi connectivity index (χ1v) is 8.38. The summed E-state index contributed by atoms with van der Waals surface area (Å²) in [7, 11) is 0. The lowest BCUT2D eigenvalue weighted by molar-refractivity contribution is -0.146. The van der Waals surface area contributed by atoms with Crippen molar-refractivity contribution in [2.24, 2.45) is 5.18 Å². The minimum Gasteiger partial charge on any atom is -0.348 e. The molecule has 0 spiro atoms. The number of rotatable bonds is 5. The second kappa shape index (κ2) is 8.46. The Kier molecular flexibility index (Phi) is 6.59. The number of hydrogen-bond donors (Lipinski definition) is 0. The first-order chi connectivity index (χ1) is 11.4. The zero-order chi connectivity index (χ0) is 17.6. The molecule has 0 N–H and O–H groups in total. The smallest absolute Gasteiger partial charge is 0.348 e. The molecule has 0 unspecified atom stereocenters. The van der Waals surface area contributed by atoms with Gasteiger partial charge in [0.25, 0.3) is 0 Å². The Morgan fingerprint density at radius 1 is 1.25 bits per heavy atom. The van der Waals surface area contributed by atoms with Crippen molar-refractivity contribution < 1.29 is 22.6 Å². The molecule has 1 aliphatic rings. The van der Waals surface area contributed by atoms with Gasteiger partial charge in [0.05, 0.1) is 24.0 Å². The van der Waals surface area contributed by atoms with Gasteiger partial charge in [0.2, 0.25) is 0 Å². The van der Waals surface area contributed by atoms with Crippen molar-refractivity contribution in [3.63, 3.8) is 0 Å². The Labute approximate surface area is 141 Å². The minimum absolute atomic E-state index is 0.0486. The van der Waals surface area contributed by atoms with Gasteiger partial charge in [0, 0.05) is 0 Å². The summed E-state index contributed by atoms with van der Waals surface area (Å²) in [6.45, 7) is 0.984. The largest absolute Gasteiger partial charge is 0.416 e. The SMILES string of the molecule is CSC1COC(/C=C/C=C(/c2ccc(N=O)cc2)C(F)(F)F)OC1. The van der Waals surface area contributed by atoms with Gasteiger partial charge in [0.15, 0.2) is 6.29 Å². The van der Waals surface area contributed by atoms with Crippen LogP contribution >= 0.6 is 11.8 Å². The molecule has 1 fully saturated rings. The number of ether oxygens (including phenoxy) is 2. The van der Waals surface area contributed by atoms with Gasteiger partial charge in [-0.05, 0) is 41.3 Å². The van der Waals surface area contributed by atoms with Crippen LogP contribution in [0.5, 0.6) is 0 Å². The van der Waals surface area contributed by atoms with Gasteiger partial charge in [-0.15, -0.1) is 4.91 Å². The fourth-order valence-corrected chi connectivity index (χ4v) is 2.48. The van der Waals surface area contributed by atoms with Crippen LogP contribution in [-0.2, 0) is 9.47 Å². The summed E-state index contributed by atoms with van der Waals surface area (Å²) >= 11 is 1.62. The van der Waals surface area contributed by atoms with Gasteiger partial charge in [-0.1, -0.05) is 18.2 Å². The molecule has 0 radical (unpaired) electrons. The number of allylic oxidation sites excluding steroid dienone is 3. The second-order valence-electron chi connectivity index (χ2n) is 4.99. The van der Waals surface area contributed by atoms with Gasteiger partial charge >= 0.3 is 6.18 Å². The van der Waals surface area contributed by atoms with Crippen molar-refractivity contribution in [2.45, 2.75) is 17.7 Å². The maximum Gasteiger partial charge on any atom is 0.416 e. The second-order valence-corrected chi connectivity index (χ2v) is 6.13. The van der Waals surface area contributed by atoms with Gasteiger partial charge in [-0.3, -0.25) is 0 Å². The van der Waals surface area contributed by atoms with E-state index in [2.05, 4.69) is 5.18 Å². The van der Waals surface area contributed by atoms with Crippen molar-refractivity contribution in [1.29, 1.82) is 0 Å². The van der Waals surface area contributed by atoms with Crippen LogP contribution < -0.4 is 0 Å². The summed E-state index contributed by atoms with van der Waals surface area (Å²) in [5, 5.41) is 2.91. The van der Waals surface area contributed by atoms with E-state index in [1.54, 1.807) is 11.8 Å². The van der Waals surface area contributed by atoms with Crippen LogP contribution in [0.2, 0.25) is 0 Å². The lowest BCUT2D eigenvalue weighted by Gasteiger charge is -2.26. The van der Waals surface area contributed by atoms with E-state index in [0.29, 0.717) is 13.2 Å². The summed E-state index contributed by atoms with van der Waals surface area (Å²) in [4.78, 5) is 10.3. The molecule has 0 aromatic heterocycles. The highest BCUT2D eigenvalue weighted by Gasteiger charge is 2.34. The zero-order valence-electron chi connectivity index (χ0n) is 12.8. The summed E-state index contributed by atoms with van der Waals surface area (Å²) in [6.07, 6.45) is 0.413. The number of nitrogens with zero attached hydrogens (tertiary/aromatic N) is 1. The summed E-state index contributed by atoms with van der Waals surface area (Å²) in [6, 6.07) is 4.89. The number of nitroso groups, excluding NO2 is 1. The molecule has 4 nitrogen and oxygen atoms in total. The lowest BCUT2D eigenvalue weighted by Crippen LogP contribution is -2.32. The van der Waals surface area contributed by atoms with Crippen LogP contribution in [0, 0.1) is 4.91 Å². The average molecular weight is 359 g/mol. The maximum atomic E-state index is 13.2. The molecule has 0 saturated carbocycles. The molecule has 0 atom stereocenters. The quantitative estimate of drug-likeness (QED) is 0.565. The number of alkyl halides is 3. The number of hydrogen-bond acceptors (Lipinski definition) is 5. The molecule has 8 heteroatoms. The Hall–Kier alpha value is -1.64. The first-order valence-electron chi connectivity index (χ1n) is 7.09. The van der Waals surface area contributed by atoms with E-state index >= 15 is 0 Å². The molecule has 1 aromatic rings. The molecule has 130 valence electrons. The first kappa shape index (κ1) is 18.7. The Bertz CT molecular complexity index is 606. The highest BCUT2D eigenvalue weighted by Crippen LogP contribution is 2.34. The molecule has 1 saturated heterocycles. The van der Waals surface area contributed by atoms with E-state index in [0.717, 1.165) is 6.08 Å². The number of thioether (sulfide) groups is 1. The van der Waals surface area contributed by atoms with E-state index in [9.17, 15) is 18.1 Å². The average Bonchev–Trinajstić information content (AvgIpc) is 2.58. The molecule has 1 aliphatic heterocycles. The summed E-state index contributed by atoms with van der Waals surface area (Å²) < 4.78 is 50.4. The van der Waals surface area contributed by atoms with Gasteiger partial charge in [-0.2, -0.15) is 24.9 Å². The van der Waals surface area contributed by atoms with E-state index < -0.39 is 18.0 Å². The molecular weight excluding hydrogens is 343 g/mol.